The highest BCUT2D eigenvalue weighted by atomic mass is 79.9. The third-order valence-electron chi connectivity index (χ3n) is 1.79. The maximum atomic E-state index is 11.5. The smallest absolute Gasteiger partial charge is 0.338 e. The van der Waals surface area contributed by atoms with E-state index in [1.807, 2.05) is 0 Å². The molecule has 1 atom stereocenters. The lowest BCUT2D eigenvalue weighted by Gasteiger charge is -2.11. The van der Waals surface area contributed by atoms with E-state index in [-0.39, 0.29) is 12.1 Å². The number of esters is 1. The molecule has 0 saturated carbocycles. The number of ether oxygens (including phenoxy) is 2. The Morgan fingerprint density at radius 1 is 1.40 bits per heavy atom. The Labute approximate surface area is 97.5 Å². The summed E-state index contributed by atoms with van der Waals surface area (Å²) >= 11 is 3.30. The third kappa shape index (κ3) is 4.01. The van der Waals surface area contributed by atoms with Gasteiger partial charge in [-0.05, 0) is 31.2 Å². The first-order valence-electron chi connectivity index (χ1n) is 4.59. The van der Waals surface area contributed by atoms with Crippen LogP contribution in [0.3, 0.4) is 0 Å². The Kier molecular flexibility index (Phi) is 4.78. The first-order chi connectivity index (χ1) is 7.13. The molecule has 0 spiro atoms. The van der Waals surface area contributed by atoms with Gasteiger partial charge in [0, 0.05) is 11.6 Å². The van der Waals surface area contributed by atoms with E-state index in [0.717, 1.165) is 4.47 Å². The molecule has 0 fully saturated rings. The summed E-state index contributed by atoms with van der Waals surface area (Å²) in [6.07, 6.45) is -0.230. The number of carbonyl (C=O) groups excluding carboxylic acids is 1. The van der Waals surface area contributed by atoms with E-state index in [0.29, 0.717) is 12.2 Å². The number of hydrogen-bond acceptors (Lipinski definition) is 3. The summed E-state index contributed by atoms with van der Waals surface area (Å²) in [4.78, 5) is 11.5. The van der Waals surface area contributed by atoms with E-state index in [1.54, 1.807) is 38.3 Å². The molecular weight excluding hydrogens is 260 g/mol. The SMILES string of the molecule is COCC(C)OC(=O)c1ccc(Br)cc1. The summed E-state index contributed by atoms with van der Waals surface area (Å²) in [6.45, 7) is 2.20. The first kappa shape index (κ1) is 12.2. The Morgan fingerprint density at radius 3 is 2.53 bits per heavy atom. The molecule has 0 aliphatic carbocycles. The molecule has 0 N–H and O–H groups in total. The molecule has 1 rings (SSSR count). The largest absolute Gasteiger partial charge is 0.457 e. The summed E-state index contributed by atoms with van der Waals surface area (Å²) in [5, 5.41) is 0. The van der Waals surface area contributed by atoms with Crippen molar-refractivity contribution in [1.82, 2.24) is 0 Å². The summed E-state index contributed by atoms with van der Waals surface area (Å²) in [5.74, 6) is -0.327. The molecule has 4 heteroatoms. The molecule has 1 unspecified atom stereocenters. The van der Waals surface area contributed by atoms with Crippen molar-refractivity contribution in [2.24, 2.45) is 0 Å². The summed E-state index contributed by atoms with van der Waals surface area (Å²) in [6, 6.07) is 7.03. The molecule has 15 heavy (non-hydrogen) atoms. The highest BCUT2D eigenvalue weighted by molar-refractivity contribution is 9.10. The van der Waals surface area contributed by atoms with Crippen LogP contribution in [0.1, 0.15) is 17.3 Å². The van der Waals surface area contributed by atoms with Crippen LogP contribution in [0.4, 0.5) is 0 Å². The second-order valence-electron chi connectivity index (χ2n) is 3.18. The number of hydrogen-bond donors (Lipinski definition) is 0. The van der Waals surface area contributed by atoms with Crippen molar-refractivity contribution in [2.45, 2.75) is 13.0 Å². The summed E-state index contributed by atoms with van der Waals surface area (Å²) in [5.41, 5.74) is 0.543. The normalized spacial score (nSPS) is 12.2. The fourth-order valence-electron chi connectivity index (χ4n) is 1.11. The molecule has 82 valence electrons. The van der Waals surface area contributed by atoms with Crippen molar-refractivity contribution < 1.29 is 14.3 Å². The van der Waals surface area contributed by atoms with Gasteiger partial charge in [-0.15, -0.1) is 0 Å². The quantitative estimate of drug-likeness (QED) is 0.791. The van der Waals surface area contributed by atoms with Crippen molar-refractivity contribution in [2.75, 3.05) is 13.7 Å². The van der Waals surface area contributed by atoms with Gasteiger partial charge in [0.05, 0.1) is 12.2 Å². The molecule has 0 aliphatic rings. The number of methoxy groups -OCH3 is 1. The molecule has 0 heterocycles. The van der Waals surface area contributed by atoms with Gasteiger partial charge in [0.2, 0.25) is 0 Å². The van der Waals surface area contributed by atoms with Gasteiger partial charge in [0.15, 0.2) is 0 Å². The molecule has 0 saturated heterocycles. The van der Waals surface area contributed by atoms with E-state index in [1.165, 1.54) is 0 Å². The average Bonchev–Trinajstić information content (AvgIpc) is 2.18. The zero-order chi connectivity index (χ0) is 11.3. The van der Waals surface area contributed by atoms with Crippen molar-refractivity contribution in [3.8, 4) is 0 Å². The number of rotatable bonds is 4. The number of benzene rings is 1. The standard InChI is InChI=1S/C11H13BrO3/c1-8(7-14-2)15-11(13)9-3-5-10(12)6-4-9/h3-6,8H,7H2,1-2H3. The molecule has 3 nitrogen and oxygen atoms in total. The first-order valence-corrected chi connectivity index (χ1v) is 5.38. The van der Waals surface area contributed by atoms with E-state index in [2.05, 4.69) is 15.9 Å². The van der Waals surface area contributed by atoms with Gasteiger partial charge >= 0.3 is 5.97 Å². The molecule has 1 aromatic carbocycles. The Bertz CT molecular complexity index is 321. The highest BCUT2D eigenvalue weighted by Crippen LogP contribution is 2.11. The lowest BCUT2D eigenvalue weighted by Crippen LogP contribution is -2.19. The minimum absolute atomic E-state index is 0.230. The van der Waals surface area contributed by atoms with Gasteiger partial charge < -0.3 is 9.47 Å². The van der Waals surface area contributed by atoms with Crippen LogP contribution in [-0.2, 0) is 9.47 Å². The van der Waals surface area contributed by atoms with Gasteiger partial charge in [0.25, 0.3) is 0 Å². The second-order valence-corrected chi connectivity index (χ2v) is 4.09. The van der Waals surface area contributed by atoms with Gasteiger partial charge in [-0.2, -0.15) is 0 Å². The Morgan fingerprint density at radius 2 is 2.00 bits per heavy atom. The molecule has 0 aromatic heterocycles. The predicted molar refractivity (Wildman–Crippen MR) is 60.9 cm³/mol. The van der Waals surface area contributed by atoms with Gasteiger partial charge in [-0.3, -0.25) is 0 Å². The van der Waals surface area contributed by atoms with Crippen molar-refractivity contribution in [3.63, 3.8) is 0 Å². The van der Waals surface area contributed by atoms with E-state index in [4.69, 9.17) is 9.47 Å². The zero-order valence-corrected chi connectivity index (χ0v) is 10.3. The van der Waals surface area contributed by atoms with Gasteiger partial charge in [-0.1, -0.05) is 15.9 Å². The third-order valence-corrected chi connectivity index (χ3v) is 2.32. The summed E-state index contributed by atoms with van der Waals surface area (Å²) in [7, 11) is 1.57. The maximum absolute atomic E-state index is 11.5. The van der Waals surface area contributed by atoms with Crippen LogP contribution in [0, 0.1) is 0 Å². The molecule has 0 radical (unpaired) electrons. The Balaban J connectivity index is 2.57. The average molecular weight is 273 g/mol. The maximum Gasteiger partial charge on any atom is 0.338 e. The van der Waals surface area contributed by atoms with Crippen LogP contribution >= 0.6 is 15.9 Å². The molecular formula is C11H13BrO3. The monoisotopic (exact) mass is 272 g/mol. The topological polar surface area (TPSA) is 35.5 Å². The van der Waals surface area contributed by atoms with Crippen molar-refractivity contribution in [3.05, 3.63) is 34.3 Å². The number of carbonyl (C=O) groups is 1. The highest BCUT2D eigenvalue weighted by Gasteiger charge is 2.11. The second kappa shape index (κ2) is 5.88. The van der Waals surface area contributed by atoms with Crippen molar-refractivity contribution in [1.29, 1.82) is 0 Å². The van der Waals surface area contributed by atoms with Crippen LogP contribution in [0.2, 0.25) is 0 Å². The van der Waals surface area contributed by atoms with Crippen LogP contribution in [0.15, 0.2) is 28.7 Å². The zero-order valence-electron chi connectivity index (χ0n) is 8.70. The van der Waals surface area contributed by atoms with E-state index < -0.39 is 0 Å². The van der Waals surface area contributed by atoms with Crippen LogP contribution in [0.5, 0.6) is 0 Å². The minimum Gasteiger partial charge on any atom is -0.457 e. The lowest BCUT2D eigenvalue weighted by molar-refractivity contribution is 0.0120. The van der Waals surface area contributed by atoms with Crippen LogP contribution in [-0.4, -0.2) is 25.8 Å². The molecule has 0 aliphatic heterocycles. The minimum atomic E-state index is -0.327. The van der Waals surface area contributed by atoms with Crippen LogP contribution < -0.4 is 0 Å². The number of halogens is 1. The lowest BCUT2D eigenvalue weighted by atomic mass is 10.2. The Hall–Kier alpha value is -0.870. The fourth-order valence-corrected chi connectivity index (χ4v) is 1.37. The molecule has 1 aromatic rings. The van der Waals surface area contributed by atoms with Crippen molar-refractivity contribution >= 4 is 21.9 Å². The van der Waals surface area contributed by atoms with Gasteiger partial charge in [-0.25, -0.2) is 4.79 Å². The van der Waals surface area contributed by atoms with Crippen LogP contribution in [0.25, 0.3) is 0 Å². The van der Waals surface area contributed by atoms with Gasteiger partial charge in [0.1, 0.15) is 6.10 Å². The van der Waals surface area contributed by atoms with E-state index in [9.17, 15) is 4.79 Å². The molecule has 0 amide bonds. The molecule has 0 bridgehead atoms. The predicted octanol–water partition coefficient (Wildman–Crippen LogP) is 2.64. The summed E-state index contributed by atoms with van der Waals surface area (Å²) < 4.78 is 10.9. The fraction of sp³-hybridized carbons (Fsp3) is 0.364. The van der Waals surface area contributed by atoms with E-state index >= 15 is 0 Å².